The van der Waals surface area contributed by atoms with Crippen molar-refractivity contribution in [2.75, 3.05) is 10.6 Å². The molecule has 1 atom stereocenters. The Morgan fingerprint density at radius 1 is 1.08 bits per heavy atom. The molecule has 7 nitrogen and oxygen atoms in total. The summed E-state index contributed by atoms with van der Waals surface area (Å²) in [7, 11) is 0. The van der Waals surface area contributed by atoms with Crippen molar-refractivity contribution in [3.8, 4) is 0 Å². The Morgan fingerprint density at radius 2 is 1.65 bits per heavy atom. The summed E-state index contributed by atoms with van der Waals surface area (Å²) >= 11 is 1.19. The second-order valence-corrected chi connectivity index (χ2v) is 7.47. The fraction of sp³-hybridized carbons (Fsp3) is 0.333. The summed E-state index contributed by atoms with van der Waals surface area (Å²) in [5, 5.41) is 5.44. The van der Waals surface area contributed by atoms with Crippen LogP contribution < -0.4 is 16.2 Å². The molecule has 1 unspecified atom stereocenters. The minimum absolute atomic E-state index is 0.128. The molecular formula is C18H22N4O3S. The molecule has 0 fully saturated rings. The molecule has 2 amide bonds. The van der Waals surface area contributed by atoms with Crippen LogP contribution in [0.5, 0.6) is 0 Å². The van der Waals surface area contributed by atoms with Gasteiger partial charge in [-0.05, 0) is 37.1 Å². The van der Waals surface area contributed by atoms with Gasteiger partial charge in [0.1, 0.15) is 0 Å². The van der Waals surface area contributed by atoms with Gasteiger partial charge in [0.15, 0.2) is 5.16 Å². The van der Waals surface area contributed by atoms with Crippen LogP contribution in [0.3, 0.4) is 0 Å². The van der Waals surface area contributed by atoms with Crippen LogP contribution >= 0.6 is 11.8 Å². The zero-order valence-electron chi connectivity index (χ0n) is 15.1. The number of carbonyl (C=O) groups excluding carboxylic acids is 2. The van der Waals surface area contributed by atoms with Gasteiger partial charge in [0.25, 0.3) is 5.56 Å². The molecule has 0 saturated carbocycles. The summed E-state index contributed by atoms with van der Waals surface area (Å²) in [4.78, 5) is 42.1. The molecule has 0 aliphatic carbocycles. The summed E-state index contributed by atoms with van der Waals surface area (Å²) < 4.78 is 0. The number of nitrogens with zero attached hydrogens (tertiary/aromatic N) is 1. The smallest absolute Gasteiger partial charge is 0.251 e. The summed E-state index contributed by atoms with van der Waals surface area (Å²) in [6.45, 7) is 7.09. The van der Waals surface area contributed by atoms with E-state index >= 15 is 0 Å². The first-order chi connectivity index (χ1) is 12.2. The van der Waals surface area contributed by atoms with E-state index in [1.807, 2.05) is 13.8 Å². The molecule has 0 spiro atoms. The SMILES string of the molecule is CC(=O)Nc1ccc(NC(=O)C(C)Sc2nc(C(C)C)cc(=O)[nH]2)cc1. The number of nitrogens with one attached hydrogen (secondary N) is 3. The van der Waals surface area contributed by atoms with Crippen LogP contribution in [0.15, 0.2) is 40.3 Å². The maximum Gasteiger partial charge on any atom is 0.251 e. The molecule has 0 bridgehead atoms. The zero-order valence-corrected chi connectivity index (χ0v) is 15.9. The highest BCUT2D eigenvalue weighted by molar-refractivity contribution is 8.00. The number of rotatable bonds is 6. The van der Waals surface area contributed by atoms with E-state index < -0.39 is 5.25 Å². The third-order valence-corrected chi connectivity index (χ3v) is 4.45. The molecule has 138 valence electrons. The summed E-state index contributed by atoms with van der Waals surface area (Å²) in [5.74, 6) is -0.236. The molecule has 26 heavy (non-hydrogen) atoms. The Bertz CT molecular complexity index is 846. The quantitative estimate of drug-likeness (QED) is 0.533. The molecule has 0 aliphatic heterocycles. The first-order valence-electron chi connectivity index (χ1n) is 8.21. The van der Waals surface area contributed by atoms with Crippen molar-refractivity contribution in [3.63, 3.8) is 0 Å². The van der Waals surface area contributed by atoms with Crippen molar-refractivity contribution in [1.29, 1.82) is 0 Å². The number of anilines is 2. The van der Waals surface area contributed by atoms with E-state index in [0.29, 0.717) is 22.2 Å². The number of benzene rings is 1. The molecular weight excluding hydrogens is 352 g/mol. The summed E-state index contributed by atoms with van der Waals surface area (Å²) in [5.41, 5.74) is 1.74. The number of hydrogen-bond acceptors (Lipinski definition) is 5. The predicted molar refractivity (Wildman–Crippen MR) is 104 cm³/mol. The van der Waals surface area contributed by atoms with Crippen molar-refractivity contribution in [3.05, 3.63) is 46.4 Å². The van der Waals surface area contributed by atoms with Crippen molar-refractivity contribution < 1.29 is 9.59 Å². The van der Waals surface area contributed by atoms with E-state index in [2.05, 4.69) is 20.6 Å². The average molecular weight is 374 g/mol. The molecule has 1 aromatic heterocycles. The van der Waals surface area contributed by atoms with Crippen molar-refractivity contribution >= 4 is 35.0 Å². The Labute approximate surface area is 156 Å². The fourth-order valence-corrected chi connectivity index (χ4v) is 2.93. The molecule has 0 aliphatic rings. The van der Waals surface area contributed by atoms with Gasteiger partial charge in [0.05, 0.1) is 10.9 Å². The Hall–Kier alpha value is -2.61. The van der Waals surface area contributed by atoms with E-state index in [4.69, 9.17) is 0 Å². The van der Waals surface area contributed by atoms with Crippen LogP contribution in [0.25, 0.3) is 0 Å². The number of amides is 2. The van der Waals surface area contributed by atoms with Crippen LogP contribution in [-0.2, 0) is 9.59 Å². The summed E-state index contributed by atoms with van der Waals surface area (Å²) in [6.07, 6.45) is 0. The third kappa shape index (κ3) is 5.73. The second-order valence-electron chi connectivity index (χ2n) is 6.14. The van der Waals surface area contributed by atoms with Crippen LogP contribution in [0.4, 0.5) is 11.4 Å². The van der Waals surface area contributed by atoms with Gasteiger partial charge < -0.3 is 15.6 Å². The number of H-pyrrole nitrogens is 1. The molecule has 8 heteroatoms. The monoisotopic (exact) mass is 374 g/mol. The number of aromatic nitrogens is 2. The standard InChI is InChI=1S/C18H22N4O3S/c1-10(2)15-9-16(24)22-18(21-15)26-11(3)17(25)20-14-7-5-13(6-8-14)19-12(4)23/h5-11H,1-4H3,(H,19,23)(H,20,25)(H,21,22,24). The third-order valence-electron chi connectivity index (χ3n) is 3.46. The fourth-order valence-electron chi connectivity index (χ4n) is 2.11. The average Bonchev–Trinajstić information content (AvgIpc) is 2.55. The lowest BCUT2D eigenvalue weighted by Gasteiger charge is -2.13. The number of aromatic amines is 1. The topological polar surface area (TPSA) is 104 Å². The lowest BCUT2D eigenvalue weighted by Crippen LogP contribution is -2.23. The van der Waals surface area contributed by atoms with Gasteiger partial charge in [-0.15, -0.1) is 0 Å². The van der Waals surface area contributed by atoms with Gasteiger partial charge in [0, 0.05) is 24.4 Å². The van der Waals surface area contributed by atoms with Crippen LogP contribution in [0, 0.1) is 0 Å². The Morgan fingerprint density at radius 3 is 2.19 bits per heavy atom. The molecule has 2 aromatic rings. The molecule has 0 saturated heterocycles. The highest BCUT2D eigenvalue weighted by atomic mass is 32.2. The molecule has 2 rings (SSSR count). The highest BCUT2D eigenvalue weighted by Crippen LogP contribution is 2.22. The molecule has 1 heterocycles. The zero-order chi connectivity index (χ0) is 19.3. The van der Waals surface area contributed by atoms with E-state index in [-0.39, 0.29) is 23.3 Å². The minimum atomic E-state index is -0.449. The first-order valence-corrected chi connectivity index (χ1v) is 9.09. The minimum Gasteiger partial charge on any atom is -0.326 e. The van der Waals surface area contributed by atoms with E-state index in [1.165, 1.54) is 24.8 Å². The van der Waals surface area contributed by atoms with Gasteiger partial charge in [-0.3, -0.25) is 14.4 Å². The molecule has 1 aromatic carbocycles. The summed E-state index contributed by atoms with van der Waals surface area (Å²) in [6, 6.07) is 8.30. The number of hydrogen-bond donors (Lipinski definition) is 3. The van der Waals surface area contributed by atoms with E-state index in [9.17, 15) is 14.4 Å². The molecule has 0 radical (unpaired) electrons. The number of thioether (sulfide) groups is 1. The van der Waals surface area contributed by atoms with Crippen LogP contribution in [-0.4, -0.2) is 27.0 Å². The highest BCUT2D eigenvalue weighted by Gasteiger charge is 2.17. The first kappa shape index (κ1) is 19.7. The van der Waals surface area contributed by atoms with Gasteiger partial charge in [-0.25, -0.2) is 4.98 Å². The maximum atomic E-state index is 12.4. The second kappa shape index (κ2) is 8.66. The van der Waals surface area contributed by atoms with Gasteiger partial charge >= 0.3 is 0 Å². The van der Waals surface area contributed by atoms with Crippen molar-refractivity contribution in [2.24, 2.45) is 0 Å². The Kier molecular flexibility index (Phi) is 6.57. The van der Waals surface area contributed by atoms with Crippen LogP contribution in [0.1, 0.15) is 39.3 Å². The van der Waals surface area contributed by atoms with Gasteiger partial charge in [-0.2, -0.15) is 0 Å². The largest absolute Gasteiger partial charge is 0.326 e. The Balaban J connectivity index is 2.01. The molecule has 3 N–H and O–H groups in total. The van der Waals surface area contributed by atoms with Crippen LogP contribution in [0.2, 0.25) is 0 Å². The lowest BCUT2D eigenvalue weighted by molar-refractivity contribution is -0.115. The predicted octanol–water partition coefficient (Wildman–Crippen LogP) is 2.97. The maximum absolute atomic E-state index is 12.4. The normalized spacial score (nSPS) is 11.9. The lowest BCUT2D eigenvalue weighted by atomic mass is 10.1. The van der Waals surface area contributed by atoms with Crippen molar-refractivity contribution in [1.82, 2.24) is 9.97 Å². The van der Waals surface area contributed by atoms with E-state index in [1.54, 1.807) is 31.2 Å². The number of carbonyl (C=O) groups is 2. The van der Waals surface area contributed by atoms with Gasteiger partial charge in [0.2, 0.25) is 11.8 Å². The van der Waals surface area contributed by atoms with Crippen molar-refractivity contribution in [2.45, 2.75) is 44.0 Å². The van der Waals surface area contributed by atoms with E-state index in [0.717, 1.165) is 0 Å². The van der Waals surface area contributed by atoms with Gasteiger partial charge in [-0.1, -0.05) is 25.6 Å².